The van der Waals surface area contributed by atoms with Gasteiger partial charge in [0, 0.05) is 12.3 Å². The van der Waals surface area contributed by atoms with Crippen LogP contribution in [0.3, 0.4) is 0 Å². The Kier molecular flexibility index (Phi) is 13.5. The van der Waals surface area contributed by atoms with Crippen LogP contribution in [0.15, 0.2) is 12.2 Å². The highest BCUT2D eigenvalue weighted by Crippen LogP contribution is 2.37. The summed E-state index contributed by atoms with van der Waals surface area (Å²) < 4.78 is 5.01. The van der Waals surface area contributed by atoms with Gasteiger partial charge in [-0.3, -0.25) is 14.4 Å². The highest BCUT2D eigenvalue weighted by Gasteiger charge is 2.35. The van der Waals surface area contributed by atoms with Gasteiger partial charge in [-0.1, -0.05) is 45.8 Å². The van der Waals surface area contributed by atoms with Crippen molar-refractivity contribution in [3.05, 3.63) is 12.2 Å². The molecule has 184 valence electrons. The minimum atomic E-state index is -0.998. The number of carboxylic acid groups (broad SMARTS) is 1. The molecule has 6 heteroatoms. The molecule has 2 N–H and O–H groups in total. The molecule has 0 radical (unpaired) electrons. The molecule has 0 aromatic heterocycles. The third-order valence-electron chi connectivity index (χ3n) is 6.76. The monoisotopic (exact) mass is 452 g/mol. The van der Waals surface area contributed by atoms with E-state index in [9.17, 15) is 19.5 Å². The molecule has 0 amide bonds. The standard InChI is InChI=1S/C26H44O6/c1-4-5-18-26(2,3)23(28)15-13-20-12-14-22(27)21(20)11-9-7-6-8-10-19-32-25(31)17-16-24(29)30/h7,9,20-21,23,28H,4-6,8,10-19H2,1-3H3,(H,29,30)/b9-7-/t20-,21-,23-/m1/s1. The summed E-state index contributed by atoms with van der Waals surface area (Å²) >= 11 is 0. The highest BCUT2D eigenvalue weighted by atomic mass is 16.5. The summed E-state index contributed by atoms with van der Waals surface area (Å²) in [6, 6.07) is 0. The van der Waals surface area contributed by atoms with Crippen LogP contribution in [0.2, 0.25) is 0 Å². The van der Waals surface area contributed by atoms with Gasteiger partial charge < -0.3 is 14.9 Å². The predicted octanol–water partition coefficient (Wildman–Crippen LogP) is 5.46. The summed E-state index contributed by atoms with van der Waals surface area (Å²) in [6.07, 6.45) is 13.4. The Balaban J connectivity index is 2.26. The van der Waals surface area contributed by atoms with Crippen LogP contribution in [0.25, 0.3) is 0 Å². The topological polar surface area (TPSA) is 101 Å². The number of ketones is 1. The van der Waals surface area contributed by atoms with Gasteiger partial charge in [0.15, 0.2) is 0 Å². The zero-order valence-electron chi connectivity index (χ0n) is 20.3. The molecule has 0 aromatic rings. The maximum Gasteiger partial charge on any atom is 0.306 e. The molecular formula is C26H44O6. The highest BCUT2D eigenvalue weighted by molar-refractivity contribution is 5.83. The molecule has 0 heterocycles. The molecule has 1 saturated carbocycles. The van der Waals surface area contributed by atoms with Gasteiger partial charge in [0.05, 0.1) is 25.6 Å². The number of rotatable bonds is 17. The van der Waals surface area contributed by atoms with E-state index in [4.69, 9.17) is 9.84 Å². The number of unbranched alkanes of at least 4 members (excludes halogenated alkanes) is 3. The number of esters is 1. The van der Waals surface area contributed by atoms with Crippen LogP contribution in [0.5, 0.6) is 0 Å². The van der Waals surface area contributed by atoms with Crippen LogP contribution < -0.4 is 0 Å². The van der Waals surface area contributed by atoms with Gasteiger partial charge in [0.25, 0.3) is 0 Å². The first-order chi connectivity index (χ1) is 15.2. The lowest BCUT2D eigenvalue weighted by Crippen LogP contribution is -2.30. The number of Topliss-reactive ketones (excluding diaryl/α,β-unsaturated/α-hetero) is 1. The summed E-state index contributed by atoms with van der Waals surface area (Å²) in [5.41, 5.74) is -0.0708. The predicted molar refractivity (Wildman–Crippen MR) is 125 cm³/mol. The van der Waals surface area contributed by atoms with Crippen LogP contribution in [-0.2, 0) is 19.1 Å². The number of carbonyl (C=O) groups excluding carboxylic acids is 2. The van der Waals surface area contributed by atoms with Crippen molar-refractivity contribution in [2.75, 3.05) is 6.61 Å². The van der Waals surface area contributed by atoms with Crippen molar-refractivity contribution in [1.82, 2.24) is 0 Å². The lowest BCUT2D eigenvalue weighted by atomic mass is 9.77. The number of carboxylic acids is 1. The van der Waals surface area contributed by atoms with Gasteiger partial charge >= 0.3 is 11.9 Å². The second-order valence-electron chi connectivity index (χ2n) is 9.87. The maximum absolute atomic E-state index is 12.4. The summed E-state index contributed by atoms with van der Waals surface area (Å²) in [5, 5.41) is 19.2. The molecule has 0 aromatic carbocycles. The molecule has 0 bridgehead atoms. The van der Waals surface area contributed by atoms with Crippen molar-refractivity contribution in [3.63, 3.8) is 0 Å². The molecule has 0 saturated heterocycles. The van der Waals surface area contributed by atoms with Crippen molar-refractivity contribution in [1.29, 1.82) is 0 Å². The fourth-order valence-corrected chi connectivity index (χ4v) is 4.40. The van der Waals surface area contributed by atoms with E-state index in [2.05, 4.69) is 32.9 Å². The fraction of sp³-hybridized carbons (Fsp3) is 0.808. The van der Waals surface area contributed by atoms with E-state index in [0.29, 0.717) is 24.7 Å². The number of hydrogen-bond donors (Lipinski definition) is 2. The lowest BCUT2D eigenvalue weighted by molar-refractivity contribution is -0.147. The quantitative estimate of drug-likeness (QED) is 0.173. The van der Waals surface area contributed by atoms with Crippen LogP contribution in [0, 0.1) is 17.3 Å². The summed E-state index contributed by atoms with van der Waals surface area (Å²) in [4.78, 5) is 34.1. The molecule has 1 fully saturated rings. The molecule has 1 rings (SSSR count). The van der Waals surface area contributed by atoms with Crippen molar-refractivity contribution in [2.45, 2.75) is 110 Å². The van der Waals surface area contributed by atoms with Crippen molar-refractivity contribution >= 4 is 17.7 Å². The molecule has 0 aliphatic heterocycles. The smallest absolute Gasteiger partial charge is 0.306 e. The van der Waals surface area contributed by atoms with Gasteiger partial charge in [0.1, 0.15) is 5.78 Å². The van der Waals surface area contributed by atoms with E-state index < -0.39 is 11.9 Å². The first kappa shape index (κ1) is 28.3. The lowest BCUT2D eigenvalue weighted by Gasteiger charge is -2.31. The molecule has 6 nitrogen and oxygen atoms in total. The minimum Gasteiger partial charge on any atom is -0.481 e. The van der Waals surface area contributed by atoms with Gasteiger partial charge in [-0.05, 0) is 62.7 Å². The SMILES string of the molecule is CCCCC(C)(C)[C@H](O)CC[C@H]1CCC(=O)[C@@H]1C/C=C\CCCCOC(=O)CCC(=O)O. The third-order valence-corrected chi connectivity index (χ3v) is 6.76. The number of hydrogen-bond acceptors (Lipinski definition) is 5. The molecule has 0 unspecified atom stereocenters. The van der Waals surface area contributed by atoms with Gasteiger partial charge in [-0.2, -0.15) is 0 Å². The number of aliphatic hydroxyl groups is 1. The van der Waals surface area contributed by atoms with Gasteiger partial charge in [-0.15, -0.1) is 0 Å². The average Bonchev–Trinajstić information content (AvgIpc) is 3.10. The zero-order chi connectivity index (χ0) is 24.0. The molecule has 3 atom stereocenters. The van der Waals surface area contributed by atoms with E-state index in [1.165, 1.54) is 0 Å². The van der Waals surface area contributed by atoms with Crippen molar-refractivity contribution in [2.24, 2.45) is 17.3 Å². The Morgan fingerprint density at radius 2 is 1.94 bits per heavy atom. The molecular weight excluding hydrogens is 408 g/mol. The van der Waals surface area contributed by atoms with Gasteiger partial charge in [0.2, 0.25) is 0 Å². The number of carbonyl (C=O) groups is 3. The van der Waals surface area contributed by atoms with E-state index in [0.717, 1.165) is 64.2 Å². The minimum absolute atomic E-state index is 0.0708. The van der Waals surface area contributed by atoms with Crippen molar-refractivity contribution < 1.29 is 29.3 Å². The Hall–Kier alpha value is -1.69. The Labute approximate surface area is 193 Å². The van der Waals surface area contributed by atoms with Crippen LogP contribution in [0.1, 0.15) is 104 Å². The van der Waals surface area contributed by atoms with Crippen molar-refractivity contribution in [3.8, 4) is 0 Å². The zero-order valence-corrected chi connectivity index (χ0v) is 20.3. The molecule has 1 aliphatic carbocycles. The number of aliphatic carboxylic acids is 1. The third kappa shape index (κ3) is 11.3. The second kappa shape index (κ2) is 15.2. The Bertz CT molecular complexity index is 609. The first-order valence-corrected chi connectivity index (χ1v) is 12.4. The first-order valence-electron chi connectivity index (χ1n) is 12.4. The summed E-state index contributed by atoms with van der Waals surface area (Å²) in [5.74, 6) is -0.663. The van der Waals surface area contributed by atoms with E-state index >= 15 is 0 Å². The molecule has 32 heavy (non-hydrogen) atoms. The van der Waals surface area contributed by atoms with E-state index in [1.54, 1.807) is 0 Å². The molecule has 1 aliphatic rings. The number of allylic oxidation sites excluding steroid dienone is 2. The average molecular weight is 453 g/mol. The summed E-state index contributed by atoms with van der Waals surface area (Å²) in [6.45, 7) is 6.77. The second-order valence-corrected chi connectivity index (χ2v) is 9.87. The van der Waals surface area contributed by atoms with E-state index in [-0.39, 0.29) is 30.3 Å². The summed E-state index contributed by atoms with van der Waals surface area (Å²) in [7, 11) is 0. The van der Waals surface area contributed by atoms with Crippen LogP contribution >= 0.6 is 0 Å². The van der Waals surface area contributed by atoms with E-state index in [1.807, 2.05) is 0 Å². The Morgan fingerprint density at radius 3 is 2.62 bits per heavy atom. The maximum atomic E-state index is 12.4. The normalized spacial score (nSPS) is 20.1. The number of ether oxygens (including phenoxy) is 1. The van der Waals surface area contributed by atoms with Gasteiger partial charge in [-0.25, -0.2) is 0 Å². The largest absolute Gasteiger partial charge is 0.481 e. The molecule has 0 spiro atoms. The Morgan fingerprint density at radius 1 is 1.19 bits per heavy atom. The fourth-order valence-electron chi connectivity index (χ4n) is 4.40. The number of aliphatic hydroxyl groups excluding tert-OH is 1. The van der Waals surface area contributed by atoms with Crippen LogP contribution in [-0.4, -0.2) is 40.6 Å². The van der Waals surface area contributed by atoms with Crippen LogP contribution in [0.4, 0.5) is 0 Å².